The van der Waals surface area contributed by atoms with Gasteiger partial charge in [0.15, 0.2) is 0 Å². The Bertz CT molecular complexity index is 397. The molecule has 1 aromatic rings. The SMILES string of the molecule is CC(C)n1ncc(Br)c1C(NN)C(C)(C)N(C)C. The van der Waals surface area contributed by atoms with Crippen LogP contribution in [0.3, 0.4) is 0 Å². The number of nitrogens with two attached hydrogens (primary N) is 1. The lowest BCUT2D eigenvalue weighted by Crippen LogP contribution is -2.52. The van der Waals surface area contributed by atoms with E-state index in [0.717, 1.165) is 10.2 Å². The second-order valence-corrected chi connectivity index (χ2v) is 6.42. The normalized spacial score (nSPS) is 14.6. The van der Waals surface area contributed by atoms with Crippen molar-refractivity contribution in [2.45, 2.75) is 45.3 Å². The van der Waals surface area contributed by atoms with Gasteiger partial charge in [0, 0.05) is 11.6 Å². The van der Waals surface area contributed by atoms with E-state index in [4.69, 9.17) is 5.84 Å². The first kappa shape index (κ1) is 15.6. The lowest BCUT2D eigenvalue weighted by Gasteiger charge is -2.40. The van der Waals surface area contributed by atoms with Crippen molar-refractivity contribution in [1.29, 1.82) is 0 Å². The van der Waals surface area contributed by atoms with E-state index in [1.54, 1.807) is 0 Å². The summed E-state index contributed by atoms with van der Waals surface area (Å²) in [4.78, 5) is 2.15. The van der Waals surface area contributed by atoms with Gasteiger partial charge in [-0.15, -0.1) is 0 Å². The van der Waals surface area contributed by atoms with Gasteiger partial charge in [0.1, 0.15) is 0 Å². The molecule has 6 heteroatoms. The van der Waals surface area contributed by atoms with E-state index in [9.17, 15) is 0 Å². The number of nitrogens with zero attached hydrogens (tertiary/aromatic N) is 3. The van der Waals surface area contributed by atoms with Gasteiger partial charge in [0.2, 0.25) is 0 Å². The Labute approximate surface area is 118 Å². The van der Waals surface area contributed by atoms with Gasteiger partial charge in [-0.3, -0.25) is 10.5 Å². The number of halogens is 1. The number of hydrogen-bond donors (Lipinski definition) is 2. The van der Waals surface area contributed by atoms with Gasteiger partial charge < -0.3 is 4.90 Å². The van der Waals surface area contributed by atoms with Crippen molar-refractivity contribution < 1.29 is 0 Å². The molecule has 0 aromatic carbocycles. The molecule has 0 saturated heterocycles. The van der Waals surface area contributed by atoms with Crippen LogP contribution in [-0.2, 0) is 0 Å². The van der Waals surface area contributed by atoms with Crippen LogP contribution < -0.4 is 11.3 Å². The predicted molar refractivity (Wildman–Crippen MR) is 78.1 cm³/mol. The molecule has 3 N–H and O–H groups in total. The molecule has 0 radical (unpaired) electrons. The fourth-order valence-electron chi connectivity index (χ4n) is 1.91. The average molecular weight is 318 g/mol. The van der Waals surface area contributed by atoms with Gasteiger partial charge in [-0.2, -0.15) is 5.10 Å². The molecule has 104 valence electrons. The maximum Gasteiger partial charge on any atom is 0.0818 e. The molecule has 5 nitrogen and oxygen atoms in total. The maximum atomic E-state index is 5.79. The van der Waals surface area contributed by atoms with Crippen molar-refractivity contribution >= 4 is 15.9 Å². The van der Waals surface area contributed by atoms with E-state index >= 15 is 0 Å². The molecular formula is C12H24BrN5. The second kappa shape index (κ2) is 5.69. The van der Waals surface area contributed by atoms with E-state index in [1.165, 1.54) is 0 Å². The number of aromatic nitrogens is 2. The van der Waals surface area contributed by atoms with Crippen LogP contribution in [-0.4, -0.2) is 34.3 Å². The first-order chi connectivity index (χ1) is 8.23. The summed E-state index contributed by atoms with van der Waals surface area (Å²) in [5.41, 5.74) is 3.87. The third-order valence-electron chi connectivity index (χ3n) is 3.58. The topological polar surface area (TPSA) is 59.1 Å². The lowest BCUT2D eigenvalue weighted by atomic mass is 9.91. The highest BCUT2D eigenvalue weighted by Crippen LogP contribution is 2.34. The van der Waals surface area contributed by atoms with Crippen LogP contribution in [0.1, 0.15) is 45.5 Å². The summed E-state index contributed by atoms with van der Waals surface area (Å²) in [6.07, 6.45) is 1.82. The number of likely N-dealkylation sites (N-methyl/N-ethyl adjacent to an activating group) is 1. The number of hydrazine groups is 1. The third-order valence-corrected chi connectivity index (χ3v) is 4.19. The highest BCUT2D eigenvalue weighted by Gasteiger charge is 2.36. The molecule has 1 heterocycles. The molecule has 1 atom stereocenters. The van der Waals surface area contributed by atoms with Gasteiger partial charge >= 0.3 is 0 Å². The molecule has 0 aliphatic heterocycles. The minimum Gasteiger partial charge on any atom is -0.302 e. The van der Waals surface area contributed by atoms with Gasteiger partial charge in [-0.1, -0.05) is 0 Å². The highest BCUT2D eigenvalue weighted by molar-refractivity contribution is 9.10. The number of hydrogen-bond acceptors (Lipinski definition) is 4. The zero-order valence-corrected chi connectivity index (χ0v) is 13.6. The van der Waals surface area contributed by atoms with Crippen LogP contribution in [0.5, 0.6) is 0 Å². The molecule has 1 rings (SSSR count). The first-order valence-electron chi connectivity index (χ1n) is 6.10. The largest absolute Gasteiger partial charge is 0.302 e. The molecule has 1 unspecified atom stereocenters. The molecule has 0 saturated carbocycles. The van der Waals surface area contributed by atoms with Crippen LogP contribution in [0, 0.1) is 0 Å². The Hall–Kier alpha value is -0.430. The minimum atomic E-state index is -0.135. The molecule has 0 aliphatic carbocycles. The van der Waals surface area contributed by atoms with Gasteiger partial charge in [0.25, 0.3) is 0 Å². The van der Waals surface area contributed by atoms with Crippen molar-refractivity contribution in [3.05, 3.63) is 16.4 Å². The Morgan fingerprint density at radius 1 is 1.44 bits per heavy atom. The lowest BCUT2D eigenvalue weighted by molar-refractivity contribution is 0.131. The molecule has 18 heavy (non-hydrogen) atoms. The van der Waals surface area contributed by atoms with Crippen LogP contribution in [0.2, 0.25) is 0 Å². The van der Waals surface area contributed by atoms with Gasteiger partial charge in [-0.05, 0) is 57.7 Å². The van der Waals surface area contributed by atoms with Crippen molar-refractivity contribution in [1.82, 2.24) is 20.1 Å². The quantitative estimate of drug-likeness (QED) is 0.644. The van der Waals surface area contributed by atoms with Crippen molar-refractivity contribution in [2.75, 3.05) is 14.1 Å². The van der Waals surface area contributed by atoms with Gasteiger partial charge in [-0.25, -0.2) is 5.43 Å². The van der Waals surface area contributed by atoms with Crippen LogP contribution >= 0.6 is 15.9 Å². The smallest absolute Gasteiger partial charge is 0.0818 e. The molecule has 0 bridgehead atoms. The van der Waals surface area contributed by atoms with E-state index < -0.39 is 0 Å². The van der Waals surface area contributed by atoms with E-state index in [0.29, 0.717) is 6.04 Å². The number of rotatable bonds is 5. The summed E-state index contributed by atoms with van der Waals surface area (Å²) >= 11 is 3.57. The Morgan fingerprint density at radius 3 is 2.39 bits per heavy atom. The zero-order valence-electron chi connectivity index (χ0n) is 12.0. The van der Waals surface area contributed by atoms with Crippen molar-refractivity contribution in [3.63, 3.8) is 0 Å². The minimum absolute atomic E-state index is 0.0215. The predicted octanol–water partition coefficient (Wildman–Crippen LogP) is 2.07. The Kier molecular flexibility index (Phi) is 4.94. The van der Waals surface area contributed by atoms with Crippen LogP contribution in [0.15, 0.2) is 10.7 Å². The standard InChI is InChI=1S/C12H24BrN5/c1-8(2)18-10(9(13)7-15-18)11(16-14)12(3,4)17(5)6/h7-8,11,16H,14H2,1-6H3. The summed E-state index contributed by atoms with van der Waals surface area (Å²) in [5.74, 6) is 5.79. The summed E-state index contributed by atoms with van der Waals surface area (Å²) in [7, 11) is 4.10. The fourth-order valence-corrected chi connectivity index (χ4v) is 2.41. The van der Waals surface area contributed by atoms with Crippen LogP contribution in [0.25, 0.3) is 0 Å². The fraction of sp³-hybridized carbons (Fsp3) is 0.750. The van der Waals surface area contributed by atoms with E-state index in [2.05, 4.69) is 59.0 Å². The van der Waals surface area contributed by atoms with Crippen LogP contribution in [0.4, 0.5) is 0 Å². The van der Waals surface area contributed by atoms with E-state index in [-0.39, 0.29) is 11.6 Å². The maximum absolute atomic E-state index is 5.79. The molecule has 0 fully saturated rings. The Morgan fingerprint density at radius 2 is 2.00 bits per heavy atom. The van der Waals surface area contributed by atoms with Crippen molar-refractivity contribution in [2.24, 2.45) is 5.84 Å². The zero-order chi connectivity index (χ0) is 14.1. The summed E-state index contributed by atoms with van der Waals surface area (Å²) in [6, 6.07) is 0.270. The van der Waals surface area contributed by atoms with Crippen molar-refractivity contribution in [3.8, 4) is 0 Å². The first-order valence-corrected chi connectivity index (χ1v) is 6.89. The monoisotopic (exact) mass is 317 g/mol. The number of nitrogens with one attached hydrogen (secondary N) is 1. The van der Waals surface area contributed by atoms with E-state index in [1.807, 2.05) is 25.0 Å². The summed E-state index contributed by atoms with van der Waals surface area (Å²) < 4.78 is 2.98. The average Bonchev–Trinajstić information content (AvgIpc) is 2.61. The third kappa shape index (κ3) is 2.77. The highest BCUT2D eigenvalue weighted by atomic mass is 79.9. The summed E-state index contributed by atoms with van der Waals surface area (Å²) in [6.45, 7) is 8.53. The molecule has 0 aliphatic rings. The molecular weight excluding hydrogens is 294 g/mol. The second-order valence-electron chi connectivity index (χ2n) is 5.56. The molecule has 0 amide bonds. The Balaban J connectivity index is 3.29. The molecule has 0 spiro atoms. The summed E-state index contributed by atoms with van der Waals surface area (Å²) in [5, 5.41) is 4.41. The van der Waals surface area contributed by atoms with Gasteiger partial charge in [0.05, 0.1) is 22.4 Å². The molecule has 1 aromatic heterocycles.